The highest BCUT2D eigenvalue weighted by Gasteiger charge is 2.11. The molecule has 30 heavy (non-hydrogen) atoms. The summed E-state index contributed by atoms with van der Waals surface area (Å²) in [6.07, 6.45) is 2.98. The highest BCUT2D eigenvalue weighted by molar-refractivity contribution is 9.10. The predicted octanol–water partition coefficient (Wildman–Crippen LogP) is 2.96. The van der Waals surface area contributed by atoms with Gasteiger partial charge in [-0.1, -0.05) is 18.2 Å². The second-order valence-electron chi connectivity index (χ2n) is 6.24. The van der Waals surface area contributed by atoms with Crippen LogP contribution in [0.2, 0.25) is 0 Å². The fourth-order valence-electron chi connectivity index (χ4n) is 2.48. The van der Waals surface area contributed by atoms with Crippen molar-refractivity contribution in [2.24, 2.45) is 5.10 Å². The van der Waals surface area contributed by atoms with E-state index in [0.717, 1.165) is 17.7 Å². The van der Waals surface area contributed by atoms with Gasteiger partial charge < -0.3 is 10.1 Å². The Bertz CT molecular complexity index is 931. The highest BCUT2D eigenvalue weighted by atomic mass is 79.9. The number of aryl methyl sites for hydroxylation is 1. The molecule has 0 saturated heterocycles. The van der Waals surface area contributed by atoms with Crippen LogP contribution in [0.5, 0.6) is 5.75 Å². The molecule has 0 aliphatic heterocycles. The lowest BCUT2D eigenvalue weighted by Gasteiger charge is -2.05. The van der Waals surface area contributed by atoms with Crippen LogP contribution < -0.4 is 15.5 Å². The van der Waals surface area contributed by atoms with E-state index in [-0.39, 0.29) is 18.1 Å². The Hall–Kier alpha value is -3.27. The SMILES string of the molecule is COc1ccc(CCCC(=O)NCC(=O)N/N=C\c2ccc(Br)c([N+](=O)[O-])c2)cc1. The van der Waals surface area contributed by atoms with E-state index in [0.29, 0.717) is 22.9 Å². The third-order valence-electron chi connectivity index (χ3n) is 4.04. The van der Waals surface area contributed by atoms with Crippen molar-refractivity contribution in [1.29, 1.82) is 0 Å². The van der Waals surface area contributed by atoms with E-state index in [1.807, 2.05) is 24.3 Å². The number of hydrogen-bond acceptors (Lipinski definition) is 6. The van der Waals surface area contributed by atoms with Gasteiger partial charge in [-0.2, -0.15) is 5.10 Å². The molecular formula is C20H21BrN4O5. The lowest BCUT2D eigenvalue weighted by Crippen LogP contribution is -2.34. The molecular weight excluding hydrogens is 456 g/mol. The van der Waals surface area contributed by atoms with Gasteiger partial charge in [-0.25, -0.2) is 5.43 Å². The van der Waals surface area contributed by atoms with Crippen molar-refractivity contribution in [1.82, 2.24) is 10.7 Å². The molecule has 2 rings (SSSR count). The van der Waals surface area contributed by atoms with Crippen molar-refractivity contribution in [2.75, 3.05) is 13.7 Å². The number of amides is 2. The van der Waals surface area contributed by atoms with Crippen LogP contribution in [-0.4, -0.2) is 36.6 Å². The Morgan fingerprint density at radius 3 is 2.60 bits per heavy atom. The Balaban J connectivity index is 1.68. The van der Waals surface area contributed by atoms with Crippen LogP contribution in [0.25, 0.3) is 0 Å². The molecule has 9 nitrogen and oxygen atoms in total. The third kappa shape index (κ3) is 7.63. The number of nitrogens with zero attached hydrogens (tertiary/aromatic N) is 2. The first-order valence-electron chi connectivity index (χ1n) is 9.04. The standard InChI is InChI=1S/C20H21BrN4O5/c1-30-16-8-5-14(6-9-16)3-2-4-19(26)22-13-20(27)24-23-12-15-7-10-17(21)18(11-15)25(28)29/h5-12H,2-4,13H2,1H3,(H,22,26)(H,24,27)/b23-12-. The van der Waals surface area contributed by atoms with E-state index in [1.54, 1.807) is 13.2 Å². The van der Waals surface area contributed by atoms with E-state index in [4.69, 9.17) is 4.74 Å². The average molecular weight is 477 g/mol. The fraction of sp³-hybridized carbons (Fsp3) is 0.250. The molecule has 2 N–H and O–H groups in total. The van der Waals surface area contributed by atoms with Gasteiger partial charge in [0.25, 0.3) is 11.6 Å². The van der Waals surface area contributed by atoms with Gasteiger partial charge in [0.2, 0.25) is 5.91 Å². The van der Waals surface area contributed by atoms with Gasteiger partial charge in [0.15, 0.2) is 0 Å². The smallest absolute Gasteiger partial charge is 0.284 e. The lowest BCUT2D eigenvalue weighted by atomic mass is 10.1. The third-order valence-corrected chi connectivity index (χ3v) is 4.71. The predicted molar refractivity (Wildman–Crippen MR) is 115 cm³/mol. The molecule has 0 unspecified atom stereocenters. The zero-order valence-electron chi connectivity index (χ0n) is 16.3. The van der Waals surface area contributed by atoms with Crippen molar-refractivity contribution in [2.45, 2.75) is 19.3 Å². The largest absolute Gasteiger partial charge is 0.497 e. The summed E-state index contributed by atoms with van der Waals surface area (Å²) < 4.78 is 5.45. The van der Waals surface area contributed by atoms with E-state index in [1.165, 1.54) is 18.3 Å². The number of methoxy groups -OCH3 is 1. The highest BCUT2D eigenvalue weighted by Crippen LogP contribution is 2.24. The first-order chi connectivity index (χ1) is 14.4. The second-order valence-corrected chi connectivity index (χ2v) is 7.09. The molecule has 2 aromatic rings. The van der Waals surface area contributed by atoms with Crippen LogP contribution in [0, 0.1) is 10.1 Å². The number of hydrazone groups is 1. The maximum atomic E-state index is 11.8. The van der Waals surface area contributed by atoms with E-state index in [9.17, 15) is 19.7 Å². The van der Waals surface area contributed by atoms with Crippen LogP contribution in [0.1, 0.15) is 24.0 Å². The molecule has 158 valence electrons. The number of nitro groups is 1. The zero-order chi connectivity index (χ0) is 21.9. The number of rotatable bonds is 10. The summed E-state index contributed by atoms with van der Waals surface area (Å²) >= 11 is 3.09. The van der Waals surface area contributed by atoms with Crippen molar-refractivity contribution < 1.29 is 19.2 Å². The van der Waals surface area contributed by atoms with E-state index in [2.05, 4.69) is 31.8 Å². The van der Waals surface area contributed by atoms with Gasteiger partial charge in [0, 0.05) is 18.1 Å². The maximum Gasteiger partial charge on any atom is 0.284 e. The number of nitrogens with one attached hydrogen (secondary N) is 2. The molecule has 2 aromatic carbocycles. The number of hydrogen-bond donors (Lipinski definition) is 2. The number of halogens is 1. The Labute approximate surface area is 181 Å². The number of ether oxygens (including phenoxy) is 1. The number of benzene rings is 2. The molecule has 0 radical (unpaired) electrons. The Morgan fingerprint density at radius 1 is 1.20 bits per heavy atom. The van der Waals surface area contributed by atoms with Crippen molar-refractivity contribution in [3.05, 3.63) is 68.2 Å². The minimum atomic E-state index is -0.524. The summed E-state index contributed by atoms with van der Waals surface area (Å²) in [6, 6.07) is 12.1. The van der Waals surface area contributed by atoms with Crippen LogP contribution in [0.4, 0.5) is 5.69 Å². The molecule has 2 amide bonds. The summed E-state index contributed by atoms with van der Waals surface area (Å²) in [4.78, 5) is 34.0. The minimum Gasteiger partial charge on any atom is -0.497 e. The number of carbonyl (C=O) groups is 2. The van der Waals surface area contributed by atoms with Crippen molar-refractivity contribution in [3.8, 4) is 5.75 Å². The monoisotopic (exact) mass is 476 g/mol. The lowest BCUT2D eigenvalue weighted by molar-refractivity contribution is -0.385. The summed E-state index contributed by atoms with van der Waals surface area (Å²) in [5, 5.41) is 17.2. The van der Waals surface area contributed by atoms with Crippen LogP contribution >= 0.6 is 15.9 Å². The minimum absolute atomic E-state index is 0.104. The molecule has 0 aliphatic carbocycles. The molecule has 0 bridgehead atoms. The van der Waals surface area contributed by atoms with Crippen LogP contribution in [0.15, 0.2) is 52.0 Å². The summed E-state index contributed by atoms with van der Waals surface area (Å²) in [7, 11) is 1.60. The van der Waals surface area contributed by atoms with E-state index < -0.39 is 10.8 Å². The first kappa shape index (κ1) is 23.0. The zero-order valence-corrected chi connectivity index (χ0v) is 17.8. The van der Waals surface area contributed by atoms with E-state index >= 15 is 0 Å². The summed E-state index contributed by atoms with van der Waals surface area (Å²) in [5.74, 6) is 0.0519. The maximum absolute atomic E-state index is 11.8. The van der Waals surface area contributed by atoms with Crippen molar-refractivity contribution >= 4 is 39.6 Å². The van der Waals surface area contributed by atoms with Gasteiger partial charge in [0.05, 0.1) is 29.3 Å². The number of nitro benzene ring substituents is 1. The quantitative estimate of drug-likeness (QED) is 0.310. The summed E-state index contributed by atoms with van der Waals surface area (Å²) in [5.41, 5.74) is 3.71. The topological polar surface area (TPSA) is 123 Å². The molecule has 0 fully saturated rings. The molecule has 0 saturated carbocycles. The Kier molecular flexibility index (Phi) is 8.95. The second kappa shape index (κ2) is 11.7. The summed E-state index contributed by atoms with van der Waals surface area (Å²) in [6.45, 7) is -0.209. The Morgan fingerprint density at radius 2 is 1.93 bits per heavy atom. The van der Waals surface area contributed by atoms with Gasteiger partial charge >= 0.3 is 0 Å². The van der Waals surface area contributed by atoms with Crippen LogP contribution in [0.3, 0.4) is 0 Å². The number of carbonyl (C=O) groups excluding carboxylic acids is 2. The fourth-order valence-corrected chi connectivity index (χ4v) is 2.87. The molecule has 0 aliphatic rings. The average Bonchev–Trinajstić information content (AvgIpc) is 2.73. The van der Waals surface area contributed by atoms with Gasteiger partial charge in [0.1, 0.15) is 5.75 Å². The molecule has 0 heterocycles. The molecule has 0 aromatic heterocycles. The van der Waals surface area contributed by atoms with Crippen molar-refractivity contribution in [3.63, 3.8) is 0 Å². The van der Waals surface area contributed by atoms with Gasteiger partial charge in [-0.15, -0.1) is 0 Å². The molecule has 0 spiro atoms. The van der Waals surface area contributed by atoms with Gasteiger partial charge in [-0.3, -0.25) is 19.7 Å². The van der Waals surface area contributed by atoms with Crippen LogP contribution in [-0.2, 0) is 16.0 Å². The molecule has 0 atom stereocenters. The molecule has 10 heteroatoms. The van der Waals surface area contributed by atoms with Gasteiger partial charge in [-0.05, 0) is 52.5 Å². The first-order valence-corrected chi connectivity index (χ1v) is 9.84. The normalized spacial score (nSPS) is 10.6.